The Bertz CT molecular complexity index is 1120. The predicted octanol–water partition coefficient (Wildman–Crippen LogP) is 4.25. The van der Waals surface area contributed by atoms with Crippen molar-refractivity contribution in [3.8, 4) is 5.75 Å². The lowest BCUT2D eigenvalue weighted by Gasteiger charge is -2.23. The van der Waals surface area contributed by atoms with Crippen LogP contribution in [0.2, 0.25) is 0 Å². The zero-order valence-corrected chi connectivity index (χ0v) is 27.4. The summed E-state index contributed by atoms with van der Waals surface area (Å²) >= 11 is 8.65. The molecule has 0 aliphatic rings. The van der Waals surface area contributed by atoms with Crippen LogP contribution in [0.5, 0.6) is 5.75 Å². The van der Waals surface area contributed by atoms with Crippen LogP contribution < -0.4 is 26.0 Å². The van der Waals surface area contributed by atoms with E-state index in [2.05, 4.69) is 46.2 Å². The van der Waals surface area contributed by atoms with Crippen LogP contribution >= 0.6 is 25.3 Å². The Morgan fingerprint density at radius 3 is 2.12 bits per heavy atom. The quantitative estimate of drug-likeness (QED) is 0.0722. The first kappa shape index (κ1) is 37.7. The molecule has 15 heteroatoms. The molecular formula is C28H45N5O8S2. The topological polar surface area (TPSA) is 177 Å². The van der Waals surface area contributed by atoms with Gasteiger partial charge in [0.1, 0.15) is 29.6 Å². The first-order valence-electron chi connectivity index (χ1n) is 13.8. The molecule has 0 heterocycles. The van der Waals surface area contributed by atoms with Gasteiger partial charge in [-0.1, -0.05) is 6.07 Å². The molecule has 0 fully saturated rings. The molecule has 242 valence electrons. The van der Waals surface area contributed by atoms with Gasteiger partial charge in [0.2, 0.25) is 11.9 Å². The molecule has 0 bridgehead atoms. The maximum atomic E-state index is 12.9. The second-order valence-corrected chi connectivity index (χ2v) is 12.0. The fourth-order valence-electron chi connectivity index (χ4n) is 3.44. The van der Waals surface area contributed by atoms with Gasteiger partial charge in [-0.15, -0.1) is 0 Å². The number of hydrogen-bond donors (Lipinski definition) is 7. The van der Waals surface area contributed by atoms with E-state index in [0.717, 1.165) is 11.1 Å². The van der Waals surface area contributed by atoms with Crippen molar-refractivity contribution in [2.45, 2.75) is 89.6 Å². The second kappa shape index (κ2) is 18.4. The van der Waals surface area contributed by atoms with Crippen LogP contribution in [0, 0.1) is 0 Å². The zero-order chi connectivity index (χ0) is 32.6. The van der Waals surface area contributed by atoms with Crippen molar-refractivity contribution < 1.29 is 38.5 Å². The van der Waals surface area contributed by atoms with Crippen LogP contribution in [0.4, 0.5) is 14.4 Å². The molecule has 0 radical (unpaired) electrons. The minimum Gasteiger partial charge on any atom is -0.492 e. The third kappa shape index (κ3) is 17.4. The average molecular weight is 644 g/mol. The van der Waals surface area contributed by atoms with Crippen molar-refractivity contribution in [2.75, 3.05) is 19.7 Å². The van der Waals surface area contributed by atoms with Crippen LogP contribution in [-0.4, -0.2) is 72.2 Å². The number of aliphatic imine (C=N–C) groups is 1. The van der Waals surface area contributed by atoms with E-state index in [-0.39, 0.29) is 32.1 Å². The molecule has 0 aromatic heterocycles. The molecule has 1 aromatic rings. The number of alkyl carbamates (subject to hydrolysis) is 2. The average Bonchev–Trinajstić information content (AvgIpc) is 2.87. The van der Waals surface area contributed by atoms with E-state index in [4.69, 9.17) is 19.3 Å². The highest BCUT2D eigenvalue weighted by Gasteiger charge is 2.24. The molecule has 0 unspecified atom stereocenters. The van der Waals surface area contributed by atoms with Crippen LogP contribution in [-0.2, 0) is 25.8 Å². The van der Waals surface area contributed by atoms with Gasteiger partial charge in [0.05, 0.1) is 6.54 Å². The van der Waals surface area contributed by atoms with E-state index in [1.807, 2.05) is 23.5 Å². The largest absolute Gasteiger partial charge is 0.492 e. The Labute approximate surface area is 264 Å². The van der Waals surface area contributed by atoms with Crippen molar-refractivity contribution in [2.24, 2.45) is 4.99 Å². The number of ether oxygens (including phenoxy) is 3. The number of unbranched alkanes of at least 4 members (excludes halogenated alkanes) is 1. The van der Waals surface area contributed by atoms with Crippen LogP contribution in [0.1, 0.15) is 71.9 Å². The summed E-state index contributed by atoms with van der Waals surface area (Å²) in [5, 5.41) is 18.7. The molecule has 0 saturated heterocycles. The van der Waals surface area contributed by atoms with E-state index in [0.29, 0.717) is 30.1 Å². The van der Waals surface area contributed by atoms with Gasteiger partial charge in [-0.2, -0.15) is 25.3 Å². The fourth-order valence-corrected chi connectivity index (χ4v) is 4.04. The Morgan fingerprint density at radius 2 is 1.53 bits per heavy atom. The number of carboxylic acid groups (broad SMARTS) is 1. The van der Waals surface area contributed by atoms with Crippen LogP contribution in [0.25, 0.3) is 0 Å². The molecule has 0 saturated carbocycles. The van der Waals surface area contributed by atoms with E-state index >= 15 is 0 Å². The zero-order valence-electron chi connectivity index (χ0n) is 25.6. The number of carbonyl (C=O) groups excluding carboxylic acids is 3. The summed E-state index contributed by atoms with van der Waals surface area (Å²) in [5.74, 6) is 1.08. The van der Waals surface area contributed by atoms with Crippen LogP contribution in [0.3, 0.4) is 0 Å². The van der Waals surface area contributed by atoms with E-state index in [9.17, 15) is 19.2 Å². The van der Waals surface area contributed by atoms with Crippen molar-refractivity contribution in [3.63, 3.8) is 0 Å². The SMILES string of the molecule is CC(C)(C)OC(=O)NC(=NCCCC[C@H](NC(=O)OC(C)(C)C)C(=O)NCCOc1ccc(CS)c(CS)c1)NC(=O)O. The number of carbonyl (C=O) groups is 4. The number of benzene rings is 1. The summed E-state index contributed by atoms with van der Waals surface area (Å²) in [7, 11) is 0. The first-order valence-corrected chi connectivity index (χ1v) is 15.1. The summed E-state index contributed by atoms with van der Waals surface area (Å²) < 4.78 is 16.2. The van der Waals surface area contributed by atoms with Gasteiger partial charge < -0.3 is 30.0 Å². The fraction of sp³-hybridized carbons (Fsp3) is 0.607. The summed E-state index contributed by atoms with van der Waals surface area (Å²) in [6.07, 6.45) is -1.91. The number of rotatable bonds is 13. The lowest BCUT2D eigenvalue weighted by molar-refractivity contribution is -0.123. The highest BCUT2D eigenvalue weighted by atomic mass is 32.1. The van der Waals surface area contributed by atoms with E-state index < -0.39 is 41.4 Å². The molecule has 1 aromatic carbocycles. The normalized spacial score (nSPS) is 12.5. The monoisotopic (exact) mass is 643 g/mol. The Kier molecular flexibility index (Phi) is 16.1. The summed E-state index contributed by atoms with van der Waals surface area (Å²) in [5.41, 5.74) is 0.539. The minimum absolute atomic E-state index is 0.125. The van der Waals surface area contributed by atoms with Gasteiger partial charge in [0.25, 0.3) is 0 Å². The molecule has 0 spiro atoms. The summed E-state index contributed by atoms with van der Waals surface area (Å²) in [6, 6.07) is 4.73. The molecular weight excluding hydrogens is 598 g/mol. The predicted molar refractivity (Wildman–Crippen MR) is 170 cm³/mol. The molecule has 13 nitrogen and oxygen atoms in total. The Morgan fingerprint density at radius 1 is 0.907 bits per heavy atom. The highest BCUT2D eigenvalue weighted by molar-refractivity contribution is 7.79. The second-order valence-electron chi connectivity index (χ2n) is 11.4. The summed E-state index contributed by atoms with van der Waals surface area (Å²) in [6.45, 7) is 10.7. The van der Waals surface area contributed by atoms with Crippen molar-refractivity contribution >= 4 is 55.4 Å². The molecule has 43 heavy (non-hydrogen) atoms. The van der Waals surface area contributed by atoms with Gasteiger partial charge in [0, 0.05) is 18.1 Å². The number of nitrogens with zero attached hydrogens (tertiary/aromatic N) is 1. The third-order valence-electron chi connectivity index (χ3n) is 5.21. The molecule has 4 amide bonds. The van der Waals surface area contributed by atoms with E-state index in [1.54, 1.807) is 41.5 Å². The number of guanidine groups is 1. The number of amides is 4. The lowest BCUT2D eigenvalue weighted by atomic mass is 10.1. The molecule has 5 N–H and O–H groups in total. The van der Waals surface area contributed by atoms with Crippen LogP contribution in [0.15, 0.2) is 23.2 Å². The molecule has 1 rings (SSSR count). The molecule has 0 aliphatic carbocycles. The van der Waals surface area contributed by atoms with Gasteiger partial charge in [-0.25, -0.2) is 14.4 Å². The highest BCUT2D eigenvalue weighted by Crippen LogP contribution is 2.21. The standard InChI is InChI=1S/C28H45N5O8S2/c1-27(2,3)40-25(37)31-21(22(34)29-13-14-39-20-11-10-18(16-42)19(15-20)17-43)9-7-8-12-30-23(32-24(35)36)33-26(38)41-28(4,5)6/h10-11,15,21,42-43H,7-9,12-14,16-17H2,1-6H3,(H,29,34)(H,31,37)(H,35,36)(H2,30,32,33,38)/t21-/m0/s1. The van der Waals surface area contributed by atoms with Crippen molar-refractivity contribution in [3.05, 3.63) is 29.3 Å². The third-order valence-corrected chi connectivity index (χ3v) is 5.89. The first-order chi connectivity index (χ1) is 20.0. The minimum atomic E-state index is -1.41. The molecule has 0 aliphatic heterocycles. The Hall–Kier alpha value is -3.33. The lowest BCUT2D eigenvalue weighted by Crippen LogP contribution is -2.48. The van der Waals surface area contributed by atoms with Crippen molar-refractivity contribution in [1.82, 2.24) is 21.3 Å². The number of hydrogen-bond acceptors (Lipinski definition) is 10. The maximum Gasteiger partial charge on any atom is 0.414 e. The maximum absolute atomic E-state index is 12.9. The van der Waals surface area contributed by atoms with Gasteiger partial charge in [-0.3, -0.25) is 20.4 Å². The van der Waals surface area contributed by atoms with Crippen molar-refractivity contribution in [1.29, 1.82) is 0 Å². The Balaban J connectivity index is 2.73. The van der Waals surface area contributed by atoms with Gasteiger partial charge in [0.15, 0.2) is 0 Å². The number of nitrogens with one attached hydrogen (secondary N) is 4. The van der Waals surface area contributed by atoms with Gasteiger partial charge in [-0.05, 0) is 84.1 Å². The smallest absolute Gasteiger partial charge is 0.414 e. The molecule has 1 atom stereocenters. The number of thiol groups is 2. The summed E-state index contributed by atoms with van der Waals surface area (Å²) in [4.78, 5) is 52.5. The van der Waals surface area contributed by atoms with E-state index in [1.165, 1.54) is 0 Å². The van der Waals surface area contributed by atoms with Gasteiger partial charge >= 0.3 is 18.3 Å².